The number of aryl methyl sites for hydroxylation is 2. The average molecular weight is 564 g/mol. The molecule has 2 rings (SSSR count). The summed E-state index contributed by atoms with van der Waals surface area (Å²) in [7, 11) is 8.48. The Kier molecular flexibility index (Phi) is 8.89. The number of methoxy groups -OCH3 is 2. The third-order valence-electron chi connectivity index (χ3n) is 5.69. The normalized spacial score (nSPS) is 13.5. The Morgan fingerprint density at radius 1 is 1.00 bits per heavy atom. The number of halogens is 1. The summed E-state index contributed by atoms with van der Waals surface area (Å²) in [5, 5.41) is 34.7. The summed E-state index contributed by atoms with van der Waals surface area (Å²) in [6, 6.07) is 6.19. The highest BCUT2D eigenvalue weighted by Crippen LogP contribution is 2.41. The maximum absolute atomic E-state index is 13.0. The molecule has 0 bridgehead atoms. The van der Waals surface area contributed by atoms with Crippen LogP contribution in [0.2, 0.25) is 0 Å². The minimum atomic E-state index is -3.19. The summed E-state index contributed by atoms with van der Waals surface area (Å²) in [6.07, 6.45) is -0.248. The first kappa shape index (κ1) is 29.6. The lowest BCUT2D eigenvalue weighted by atomic mass is 9.76. The van der Waals surface area contributed by atoms with Gasteiger partial charge < -0.3 is 34.8 Å². The molecule has 0 fully saturated rings. The monoisotopic (exact) mass is 563 g/mol. The first-order valence-corrected chi connectivity index (χ1v) is 11.7. The predicted octanol–water partition coefficient (Wildman–Crippen LogP) is 2.44. The van der Waals surface area contributed by atoms with Crippen molar-refractivity contribution in [2.24, 2.45) is 0 Å². The Bertz CT molecular complexity index is 1160. The number of benzene rings is 2. The van der Waals surface area contributed by atoms with Crippen LogP contribution in [0.3, 0.4) is 0 Å². The smallest absolute Gasteiger partial charge is 0.308 e. The fourth-order valence-electron chi connectivity index (χ4n) is 4.20. The molecule has 0 spiro atoms. The van der Waals surface area contributed by atoms with Crippen LogP contribution in [-0.2, 0) is 20.8 Å². The van der Waals surface area contributed by atoms with Crippen LogP contribution in [0, 0.1) is 13.8 Å². The quantitative estimate of drug-likeness (QED) is 0.158. The molecule has 4 N–H and O–H groups in total. The lowest BCUT2D eigenvalue weighted by Gasteiger charge is -2.39. The summed E-state index contributed by atoms with van der Waals surface area (Å²) in [5.41, 5.74) is -2.02. The van der Waals surface area contributed by atoms with Crippen molar-refractivity contribution in [3.63, 3.8) is 0 Å². The van der Waals surface area contributed by atoms with Crippen LogP contribution in [0.15, 0.2) is 28.7 Å². The van der Waals surface area contributed by atoms with E-state index in [4.69, 9.17) is 22.1 Å². The first-order chi connectivity index (χ1) is 16.5. The van der Waals surface area contributed by atoms with Gasteiger partial charge in [0.2, 0.25) is 11.7 Å². The summed E-state index contributed by atoms with van der Waals surface area (Å²) >= 11 is 3.26. The molecule has 1 unspecified atom stereocenters. The number of hydrogen-bond acceptors (Lipinski definition) is 8. The molecule has 36 heavy (non-hydrogen) atoms. The fraction of sp³-hybridized carbons (Fsp3) is 0.440. The summed E-state index contributed by atoms with van der Waals surface area (Å²) in [4.78, 5) is 24.7. The fourth-order valence-corrected chi connectivity index (χ4v) is 4.69. The van der Waals surface area contributed by atoms with Crippen molar-refractivity contribution in [1.29, 1.82) is 0 Å². The van der Waals surface area contributed by atoms with Crippen molar-refractivity contribution in [3.8, 4) is 17.2 Å². The second kappa shape index (κ2) is 10.8. The van der Waals surface area contributed by atoms with Gasteiger partial charge in [0.25, 0.3) is 0 Å². The SMILES string of the molecule is [B]C(O)(NC(=O)CC(C)(C)c1c(C)cc(C)cc1OC(C)=O)C(O)(O)c1cc(OC)c(Br)cc1OC. The summed E-state index contributed by atoms with van der Waals surface area (Å²) in [5.74, 6) is -4.02. The molecule has 0 saturated heterocycles. The van der Waals surface area contributed by atoms with Crippen LogP contribution >= 0.6 is 15.9 Å². The first-order valence-electron chi connectivity index (χ1n) is 11.0. The van der Waals surface area contributed by atoms with Crippen LogP contribution in [0.25, 0.3) is 0 Å². The van der Waals surface area contributed by atoms with Crippen LogP contribution in [0.4, 0.5) is 0 Å². The minimum absolute atomic E-state index is 0.0348. The molecule has 1 atom stereocenters. The van der Waals surface area contributed by atoms with E-state index in [0.29, 0.717) is 15.8 Å². The molecular weight excluding hydrogens is 533 g/mol. The zero-order chi connectivity index (χ0) is 27.6. The van der Waals surface area contributed by atoms with E-state index in [1.54, 1.807) is 19.9 Å². The molecule has 2 radical (unpaired) electrons. The highest BCUT2D eigenvalue weighted by molar-refractivity contribution is 9.10. The molecule has 194 valence electrons. The maximum atomic E-state index is 13.0. The topological polar surface area (TPSA) is 135 Å². The second-order valence-corrected chi connectivity index (χ2v) is 10.1. The third-order valence-corrected chi connectivity index (χ3v) is 6.31. The van der Waals surface area contributed by atoms with E-state index in [1.165, 1.54) is 33.3 Å². The molecule has 1 amide bonds. The van der Waals surface area contributed by atoms with Gasteiger partial charge in [-0.05, 0) is 59.1 Å². The molecule has 0 aliphatic carbocycles. The zero-order valence-electron chi connectivity index (χ0n) is 21.4. The van der Waals surface area contributed by atoms with E-state index >= 15 is 0 Å². The van der Waals surface area contributed by atoms with Crippen molar-refractivity contribution in [3.05, 3.63) is 51.0 Å². The van der Waals surface area contributed by atoms with Crippen molar-refractivity contribution in [1.82, 2.24) is 5.32 Å². The van der Waals surface area contributed by atoms with Gasteiger partial charge in [-0.3, -0.25) is 9.59 Å². The van der Waals surface area contributed by atoms with Gasteiger partial charge in [0.1, 0.15) is 22.9 Å². The molecule has 9 nitrogen and oxygen atoms in total. The Labute approximate surface area is 220 Å². The van der Waals surface area contributed by atoms with E-state index in [9.17, 15) is 24.9 Å². The average Bonchev–Trinajstić information content (AvgIpc) is 2.70. The summed E-state index contributed by atoms with van der Waals surface area (Å²) in [6.45, 7) is 8.46. The van der Waals surface area contributed by atoms with E-state index < -0.39 is 28.7 Å². The number of amides is 1. The number of nitrogens with one attached hydrogen (secondary N) is 1. The Morgan fingerprint density at radius 2 is 1.58 bits per heavy atom. The Balaban J connectivity index is 2.40. The summed E-state index contributed by atoms with van der Waals surface area (Å²) < 4.78 is 16.2. The van der Waals surface area contributed by atoms with Crippen LogP contribution in [-0.4, -0.2) is 54.9 Å². The van der Waals surface area contributed by atoms with Crippen molar-refractivity contribution >= 4 is 35.7 Å². The molecule has 2 aromatic carbocycles. The highest BCUT2D eigenvalue weighted by Gasteiger charge is 2.49. The molecule has 0 saturated carbocycles. The van der Waals surface area contributed by atoms with Crippen molar-refractivity contribution < 1.29 is 39.1 Å². The van der Waals surface area contributed by atoms with E-state index in [0.717, 1.165) is 11.1 Å². The number of carbonyl (C=O) groups is 2. The van der Waals surface area contributed by atoms with Gasteiger partial charge in [-0.1, -0.05) is 19.9 Å². The largest absolute Gasteiger partial charge is 0.496 e. The molecule has 0 heterocycles. The van der Waals surface area contributed by atoms with E-state index in [2.05, 4.69) is 21.2 Å². The van der Waals surface area contributed by atoms with Crippen LogP contribution < -0.4 is 19.5 Å². The highest BCUT2D eigenvalue weighted by atomic mass is 79.9. The van der Waals surface area contributed by atoms with E-state index in [-0.39, 0.29) is 23.5 Å². The molecule has 11 heteroatoms. The molecular formula is C25H31BBrNO8. The lowest BCUT2D eigenvalue weighted by Crippen LogP contribution is -2.64. The van der Waals surface area contributed by atoms with Crippen molar-refractivity contribution in [2.45, 2.75) is 57.9 Å². The van der Waals surface area contributed by atoms with Gasteiger partial charge in [0.15, 0.2) is 7.85 Å². The van der Waals surface area contributed by atoms with E-state index in [1.807, 2.05) is 19.9 Å². The van der Waals surface area contributed by atoms with Gasteiger partial charge in [0, 0.05) is 24.3 Å². The third kappa shape index (κ3) is 6.20. The number of esters is 1. The Hall–Kier alpha value is -2.60. The standard InChI is InChI=1S/C25H31BBrNO8/c1-13-8-14(2)22(20(9-13)36-15(3)29)23(4,5)12-21(30)28-25(26,33)24(31,32)16-10-19(35-7)17(27)11-18(16)34-6/h8-11,31-33H,12H2,1-7H3,(H,28,30). The van der Waals surface area contributed by atoms with Crippen molar-refractivity contribution in [2.75, 3.05) is 14.2 Å². The number of rotatable bonds is 9. The number of ether oxygens (including phenoxy) is 3. The molecule has 2 aromatic rings. The van der Waals surface area contributed by atoms with Gasteiger partial charge in [-0.2, -0.15) is 0 Å². The molecule has 0 aliphatic heterocycles. The van der Waals surface area contributed by atoms with Gasteiger partial charge in [-0.25, -0.2) is 0 Å². The number of aliphatic hydroxyl groups is 3. The minimum Gasteiger partial charge on any atom is -0.496 e. The van der Waals surface area contributed by atoms with Crippen LogP contribution in [0.1, 0.15) is 49.4 Å². The molecule has 0 aromatic heterocycles. The van der Waals surface area contributed by atoms with Gasteiger partial charge >= 0.3 is 5.97 Å². The van der Waals surface area contributed by atoms with Gasteiger partial charge in [0.05, 0.1) is 24.3 Å². The van der Waals surface area contributed by atoms with Gasteiger partial charge in [-0.15, -0.1) is 0 Å². The molecule has 0 aliphatic rings. The predicted molar refractivity (Wildman–Crippen MR) is 137 cm³/mol. The number of carbonyl (C=O) groups excluding carboxylic acids is 2. The van der Waals surface area contributed by atoms with Crippen LogP contribution in [0.5, 0.6) is 17.2 Å². The lowest BCUT2D eigenvalue weighted by molar-refractivity contribution is -0.262. The number of hydrogen-bond donors (Lipinski definition) is 4. The maximum Gasteiger partial charge on any atom is 0.308 e. The zero-order valence-corrected chi connectivity index (χ0v) is 22.9. The Morgan fingerprint density at radius 3 is 2.11 bits per heavy atom. The second-order valence-electron chi connectivity index (χ2n) is 9.28.